The second kappa shape index (κ2) is 9.04. The second-order valence-corrected chi connectivity index (χ2v) is 5.82. The molecule has 2 N–H and O–H groups in total. The number of carbonyl (C=O) groups is 1. The first-order valence-corrected chi connectivity index (χ1v) is 8.61. The standard InChI is InChI=1S/C18H23N5O4/c1-25-15-4-3-13(11-16(15)26-2)22-18(24)20-12-14-5-6-19-17(21-14)23-7-9-27-10-8-23/h3-6,11H,7-10,12H2,1-2H3,(H2,20,22,24). The summed E-state index contributed by atoms with van der Waals surface area (Å²) in [4.78, 5) is 23.0. The van der Waals surface area contributed by atoms with Crippen molar-refractivity contribution in [1.29, 1.82) is 0 Å². The molecule has 3 rings (SSSR count). The summed E-state index contributed by atoms with van der Waals surface area (Å²) in [6, 6.07) is 6.60. The average Bonchev–Trinajstić information content (AvgIpc) is 2.73. The van der Waals surface area contributed by atoms with Crippen LogP contribution in [0.15, 0.2) is 30.5 Å². The lowest BCUT2D eigenvalue weighted by Crippen LogP contribution is -2.37. The maximum Gasteiger partial charge on any atom is 0.319 e. The van der Waals surface area contributed by atoms with Crippen LogP contribution in [0, 0.1) is 0 Å². The first kappa shape index (κ1) is 18.7. The molecule has 0 spiro atoms. The number of nitrogens with one attached hydrogen (secondary N) is 2. The molecule has 2 heterocycles. The summed E-state index contributed by atoms with van der Waals surface area (Å²) in [5.74, 6) is 1.79. The number of nitrogens with zero attached hydrogens (tertiary/aromatic N) is 3. The van der Waals surface area contributed by atoms with Gasteiger partial charge in [0.2, 0.25) is 5.95 Å². The summed E-state index contributed by atoms with van der Waals surface area (Å²) in [6.45, 7) is 3.14. The largest absolute Gasteiger partial charge is 0.493 e. The third-order valence-electron chi connectivity index (χ3n) is 4.07. The van der Waals surface area contributed by atoms with Crippen LogP contribution in [0.5, 0.6) is 11.5 Å². The molecule has 27 heavy (non-hydrogen) atoms. The number of benzene rings is 1. The van der Waals surface area contributed by atoms with Crippen molar-refractivity contribution in [1.82, 2.24) is 15.3 Å². The molecule has 1 fully saturated rings. The van der Waals surface area contributed by atoms with Gasteiger partial charge in [0, 0.05) is 31.0 Å². The van der Waals surface area contributed by atoms with Crippen LogP contribution in [0.4, 0.5) is 16.4 Å². The molecule has 9 nitrogen and oxygen atoms in total. The van der Waals surface area contributed by atoms with Crippen molar-refractivity contribution >= 4 is 17.7 Å². The zero-order valence-corrected chi connectivity index (χ0v) is 15.4. The van der Waals surface area contributed by atoms with Crippen molar-refractivity contribution in [3.63, 3.8) is 0 Å². The zero-order chi connectivity index (χ0) is 19.1. The number of morpholine rings is 1. The van der Waals surface area contributed by atoms with E-state index in [4.69, 9.17) is 14.2 Å². The first-order valence-electron chi connectivity index (χ1n) is 8.61. The Morgan fingerprint density at radius 3 is 2.70 bits per heavy atom. The third-order valence-corrected chi connectivity index (χ3v) is 4.07. The molecule has 1 aliphatic rings. The van der Waals surface area contributed by atoms with E-state index in [0.717, 1.165) is 18.8 Å². The Morgan fingerprint density at radius 1 is 1.19 bits per heavy atom. The Bertz CT molecular complexity index is 780. The van der Waals surface area contributed by atoms with E-state index in [9.17, 15) is 4.79 Å². The highest BCUT2D eigenvalue weighted by Gasteiger charge is 2.14. The topological polar surface area (TPSA) is 97.8 Å². The summed E-state index contributed by atoms with van der Waals surface area (Å²) in [7, 11) is 3.10. The zero-order valence-electron chi connectivity index (χ0n) is 15.4. The highest BCUT2D eigenvalue weighted by molar-refractivity contribution is 5.89. The van der Waals surface area contributed by atoms with E-state index in [2.05, 4.69) is 25.5 Å². The Kier molecular flexibility index (Phi) is 6.26. The van der Waals surface area contributed by atoms with Crippen molar-refractivity contribution in [2.24, 2.45) is 0 Å². The molecule has 1 aromatic carbocycles. The van der Waals surface area contributed by atoms with Crippen LogP contribution in [0.1, 0.15) is 5.69 Å². The van der Waals surface area contributed by atoms with Gasteiger partial charge >= 0.3 is 6.03 Å². The van der Waals surface area contributed by atoms with Crippen molar-refractivity contribution in [2.75, 3.05) is 50.7 Å². The molecule has 0 saturated carbocycles. The van der Waals surface area contributed by atoms with Crippen LogP contribution in [-0.2, 0) is 11.3 Å². The third kappa shape index (κ3) is 4.98. The molecule has 0 atom stereocenters. The molecule has 0 bridgehead atoms. The molecule has 1 saturated heterocycles. The number of rotatable bonds is 6. The van der Waals surface area contributed by atoms with Crippen LogP contribution < -0.4 is 25.0 Å². The molecule has 0 radical (unpaired) electrons. The highest BCUT2D eigenvalue weighted by Crippen LogP contribution is 2.29. The monoisotopic (exact) mass is 373 g/mol. The fourth-order valence-corrected chi connectivity index (χ4v) is 2.66. The highest BCUT2D eigenvalue weighted by atomic mass is 16.5. The summed E-state index contributed by atoms with van der Waals surface area (Å²) in [5.41, 5.74) is 1.33. The number of aromatic nitrogens is 2. The van der Waals surface area contributed by atoms with E-state index < -0.39 is 0 Å². The van der Waals surface area contributed by atoms with Crippen LogP contribution in [0.25, 0.3) is 0 Å². The molecule has 2 amide bonds. The molecule has 0 unspecified atom stereocenters. The summed E-state index contributed by atoms with van der Waals surface area (Å²) < 4.78 is 15.8. The predicted molar refractivity (Wildman–Crippen MR) is 100 cm³/mol. The van der Waals surface area contributed by atoms with Gasteiger partial charge in [-0.05, 0) is 18.2 Å². The second-order valence-electron chi connectivity index (χ2n) is 5.82. The van der Waals surface area contributed by atoms with Crippen LogP contribution in [-0.4, -0.2) is 56.5 Å². The Labute approximate surface area is 157 Å². The summed E-state index contributed by atoms with van der Waals surface area (Å²) >= 11 is 0. The van der Waals surface area contributed by atoms with Crippen molar-refractivity contribution in [3.8, 4) is 11.5 Å². The normalized spacial score (nSPS) is 13.8. The first-order chi connectivity index (χ1) is 13.2. The number of methoxy groups -OCH3 is 2. The molecule has 1 aliphatic heterocycles. The fourth-order valence-electron chi connectivity index (χ4n) is 2.66. The van der Waals surface area contributed by atoms with E-state index >= 15 is 0 Å². The fraction of sp³-hybridized carbons (Fsp3) is 0.389. The molecule has 9 heteroatoms. The molecule has 2 aromatic rings. The van der Waals surface area contributed by atoms with Gasteiger partial charge in [0.05, 0.1) is 39.7 Å². The lowest BCUT2D eigenvalue weighted by molar-refractivity contribution is 0.122. The van der Waals surface area contributed by atoms with Crippen molar-refractivity contribution in [3.05, 3.63) is 36.2 Å². The van der Waals surface area contributed by atoms with Gasteiger partial charge in [-0.3, -0.25) is 0 Å². The van der Waals surface area contributed by atoms with Gasteiger partial charge in [0.1, 0.15) is 0 Å². The SMILES string of the molecule is COc1ccc(NC(=O)NCc2ccnc(N3CCOCC3)n2)cc1OC. The quantitative estimate of drug-likeness (QED) is 0.794. The van der Waals surface area contributed by atoms with Gasteiger partial charge < -0.3 is 29.7 Å². The number of amides is 2. The van der Waals surface area contributed by atoms with Crippen LogP contribution >= 0.6 is 0 Å². The minimum Gasteiger partial charge on any atom is -0.493 e. The number of hydrogen-bond donors (Lipinski definition) is 2. The Balaban J connectivity index is 1.56. The van der Waals surface area contributed by atoms with Gasteiger partial charge in [0.25, 0.3) is 0 Å². The van der Waals surface area contributed by atoms with Gasteiger partial charge in [-0.25, -0.2) is 14.8 Å². The average molecular weight is 373 g/mol. The van der Waals surface area contributed by atoms with Crippen molar-refractivity contribution in [2.45, 2.75) is 6.54 Å². The van der Waals surface area contributed by atoms with Gasteiger partial charge in [-0.15, -0.1) is 0 Å². The van der Waals surface area contributed by atoms with Crippen molar-refractivity contribution < 1.29 is 19.0 Å². The van der Waals surface area contributed by atoms with Crippen LogP contribution in [0.3, 0.4) is 0 Å². The number of carbonyl (C=O) groups excluding carboxylic acids is 1. The molecular weight excluding hydrogens is 350 g/mol. The summed E-state index contributed by atoms with van der Waals surface area (Å²) in [5, 5.41) is 5.55. The molecule has 1 aromatic heterocycles. The van der Waals surface area contributed by atoms with E-state index in [0.29, 0.717) is 42.9 Å². The molecular formula is C18H23N5O4. The van der Waals surface area contributed by atoms with Gasteiger partial charge in [-0.1, -0.05) is 0 Å². The minimum atomic E-state index is -0.339. The van der Waals surface area contributed by atoms with Gasteiger partial charge in [-0.2, -0.15) is 0 Å². The number of ether oxygens (including phenoxy) is 3. The van der Waals surface area contributed by atoms with Crippen LogP contribution in [0.2, 0.25) is 0 Å². The lowest BCUT2D eigenvalue weighted by atomic mass is 10.3. The maximum atomic E-state index is 12.2. The lowest BCUT2D eigenvalue weighted by Gasteiger charge is -2.26. The Morgan fingerprint density at radius 2 is 1.96 bits per heavy atom. The maximum absolute atomic E-state index is 12.2. The summed E-state index contributed by atoms with van der Waals surface area (Å²) in [6.07, 6.45) is 1.70. The molecule has 144 valence electrons. The number of anilines is 2. The van der Waals surface area contributed by atoms with Gasteiger partial charge in [0.15, 0.2) is 11.5 Å². The predicted octanol–water partition coefficient (Wildman–Crippen LogP) is 1.65. The number of hydrogen-bond acceptors (Lipinski definition) is 7. The molecule has 0 aliphatic carbocycles. The minimum absolute atomic E-state index is 0.291. The van der Waals surface area contributed by atoms with E-state index in [1.807, 2.05) is 0 Å². The number of urea groups is 1. The Hall–Kier alpha value is -3.07. The van der Waals surface area contributed by atoms with E-state index in [-0.39, 0.29) is 6.03 Å². The smallest absolute Gasteiger partial charge is 0.319 e. The van der Waals surface area contributed by atoms with E-state index in [1.165, 1.54) is 0 Å². The van der Waals surface area contributed by atoms with E-state index in [1.54, 1.807) is 44.7 Å².